The number of carbonyl (C=O) groups is 1. The van der Waals surface area contributed by atoms with E-state index in [2.05, 4.69) is 10.2 Å². The van der Waals surface area contributed by atoms with Gasteiger partial charge in [-0.15, -0.1) is 0 Å². The number of carbonyl (C=O) groups excluding carboxylic acids is 1. The molecule has 0 atom stereocenters. The molecule has 8 heteroatoms. The molecule has 0 aliphatic carbocycles. The Morgan fingerprint density at radius 3 is 2.33 bits per heavy atom. The highest BCUT2D eigenvalue weighted by Crippen LogP contribution is 2.29. The van der Waals surface area contributed by atoms with Gasteiger partial charge in [0.05, 0.1) is 5.56 Å². The molecule has 2 aromatic carbocycles. The molecule has 158 valence electrons. The van der Waals surface area contributed by atoms with E-state index in [1.54, 1.807) is 6.07 Å². The topological polar surface area (TPSA) is 69.3 Å². The molecule has 0 aliphatic heterocycles. The number of nitrogens with one attached hydrogen (secondary N) is 2. The van der Waals surface area contributed by atoms with Crippen LogP contribution in [-0.2, 0) is 12.7 Å². The Balaban J connectivity index is 1.77. The quantitative estimate of drug-likeness (QED) is 0.611. The number of alkyl halides is 3. The Bertz CT molecular complexity index is 1100. The van der Waals surface area contributed by atoms with Gasteiger partial charge in [-0.05, 0) is 49.7 Å². The minimum absolute atomic E-state index is 0.0370. The molecule has 0 unspecified atom stereocenters. The first-order chi connectivity index (χ1) is 14.2. The Kier molecular flexibility index (Phi) is 6.14. The lowest BCUT2D eigenvalue weighted by Gasteiger charge is -2.21. The van der Waals surface area contributed by atoms with E-state index in [1.807, 2.05) is 32.0 Å². The molecule has 0 fully saturated rings. The summed E-state index contributed by atoms with van der Waals surface area (Å²) < 4.78 is 43.5. The lowest BCUT2D eigenvalue weighted by atomic mass is 10.1. The molecule has 0 aliphatic rings. The molecule has 0 radical (unpaired) electrons. The minimum atomic E-state index is -4.40. The Hall–Kier alpha value is -3.29. The second-order valence-electron chi connectivity index (χ2n) is 6.76. The Labute approximate surface area is 171 Å². The molecule has 0 saturated heterocycles. The molecule has 30 heavy (non-hydrogen) atoms. The number of benzene rings is 2. The van der Waals surface area contributed by atoms with Gasteiger partial charge in [-0.25, -0.2) is 0 Å². The van der Waals surface area contributed by atoms with Crippen molar-refractivity contribution in [1.82, 2.24) is 5.32 Å². The summed E-state index contributed by atoms with van der Waals surface area (Å²) in [5.41, 5.74) is 1.03. The maximum atomic E-state index is 12.6. The number of rotatable bonds is 6. The third kappa shape index (κ3) is 4.64. The molecule has 3 rings (SSSR count). The van der Waals surface area contributed by atoms with Gasteiger partial charge in [-0.2, -0.15) is 13.2 Å². The van der Waals surface area contributed by atoms with Gasteiger partial charge in [0.1, 0.15) is 11.1 Å². The average molecular weight is 417 g/mol. The zero-order valence-corrected chi connectivity index (χ0v) is 16.6. The largest absolute Gasteiger partial charge is 0.438 e. The number of amides is 1. The first-order valence-corrected chi connectivity index (χ1v) is 9.54. The van der Waals surface area contributed by atoms with Crippen LogP contribution in [0.2, 0.25) is 0 Å². The van der Waals surface area contributed by atoms with Crippen molar-refractivity contribution in [1.29, 1.82) is 5.41 Å². The highest BCUT2D eigenvalue weighted by Gasteiger charge is 2.29. The lowest BCUT2D eigenvalue weighted by molar-refractivity contribution is -0.137. The van der Waals surface area contributed by atoms with E-state index in [1.165, 1.54) is 12.1 Å². The van der Waals surface area contributed by atoms with Crippen molar-refractivity contribution in [2.24, 2.45) is 0 Å². The summed E-state index contributed by atoms with van der Waals surface area (Å²) >= 11 is 0. The molecule has 1 heterocycles. The normalized spacial score (nSPS) is 11.5. The van der Waals surface area contributed by atoms with E-state index in [4.69, 9.17) is 9.83 Å². The smallest absolute Gasteiger partial charge is 0.416 e. The first-order valence-electron chi connectivity index (χ1n) is 9.54. The fourth-order valence-corrected chi connectivity index (χ4v) is 3.16. The van der Waals surface area contributed by atoms with Gasteiger partial charge in [-0.1, -0.05) is 12.1 Å². The molecule has 3 aromatic rings. The maximum absolute atomic E-state index is 12.6. The Morgan fingerprint density at radius 2 is 1.73 bits per heavy atom. The molecule has 0 bridgehead atoms. The monoisotopic (exact) mass is 417 g/mol. The van der Waals surface area contributed by atoms with E-state index in [9.17, 15) is 18.0 Å². The SMILES string of the molecule is CCN(CC)c1ccc2cc(C(=O)NCc3ccc(C(F)(F)F)cc3)c(=N)oc2c1. The zero-order valence-electron chi connectivity index (χ0n) is 16.6. The van der Waals surface area contributed by atoms with Crippen LogP contribution in [0.4, 0.5) is 18.9 Å². The summed E-state index contributed by atoms with van der Waals surface area (Å²) in [5.74, 6) is -0.529. The van der Waals surface area contributed by atoms with Crippen molar-refractivity contribution in [3.8, 4) is 0 Å². The molecular formula is C22H22F3N3O2. The van der Waals surface area contributed by atoms with Crippen LogP contribution in [0.25, 0.3) is 11.0 Å². The molecule has 1 aromatic heterocycles. The predicted molar refractivity (Wildman–Crippen MR) is 108 cm³/mol. The fraction of sp³-hybridized carbons (Fsp3) is 0.273. The summed E-state index contributed by atoms with van der Waals surface area (Å²) in [6.07, 6.45) is -4.40. The van der Waals surface area contributed by atoms with E-state index < -0.39 is 17.6 Å². The summed E-state index contributed by atoms with van der Waals surface area (Å²) in [5, 5.41) is 11.4. The van der Waals surface area contributed by atoms with E-state index in [0.29, 0.717) is 16.5 Å². The molecule has 5 nitrogen and oxygen atoms in total. The second kappa shape index (κ2) is 8.61. The van der Waals surface area contributed by atoms with Gasteiger partial charge >= 0.3 is 6.18 Å². The van der Waals surface area contributed by atoms with E-state index >= 15 is 0 Å². The average Bonchev–Trinajstić information content (AvgIpc) is 2.72. The highest BCUT2D eigenvalue weighted by atomic mass is 19.4. The molecule has 0 saturated carbocycles. The number of halogens is 3. The molecule has 1 amide bonds. The van der Waals surface area contributed by atoms with Crippen LogP contribution < -0.4 is 15.8 Å². The molecule has 2 N–H and O–H groups in total. The van der Waals surface area contributed by atoms with Crippen molar-refractivity contribution >= 4 is 22.6 Å². The van der Waals surface area contributed by atoms with Gasteiger partial charge < -0.3 is 14.6 Å². The summed E-state index contributed by atoms with van der Waals surface area (Å²) in [7, 11) is 0. The molecule has 0 spiro atoms. The van der Waals surface area contributed by atoms with Crippen molar-refractivity contribution in [3.05, 3.63) is 70.8 Å². The summed E-state index contributed by atoms with van der Waals surface area (Å²) in [6.45, 7) is 5.80. The van der Waals surface area contributed by atoms with Gasteiger partial charge in [0.15, 0.2) is 0 Å². The maximum Gasteiger partial charge on any atom is 0.416 e. The minimum Gasteiger partial charge on any atom is -0.438 e. The molecular weight excluding hydrogens is 395 g/mol. The van der Waals surface area contributed by atoms with Crippen molar-refractivity contribution in [2.45, 2.75) is 26.6 Å². The summed E-state index contributed by atoms with van der Waals surface area (Å²) in [4.78, 5) is 14.6. The predicted octanol–water partition coefficient (Wildman–Crippen LogP) is 4.71. The third-order valence-electron chi connectivity index (χ3n) is 4.86. The third-order valence-corrected chi connectivity index (χ3v) is 4.86. The van der Waals surface area contributed by atoms with E-state index in [0.717, 1.165) is 30.9 Å². The Morgan fingerprint density at radius 1 is 1.07 bits per heavy atom. The number of hydrogen-bond acceptors (Lipinski definition) is 4. The standard InChI is InChI=1S/C22H22F3N3O2/c1-3-28(4-2)17-10-7-15-11-18(20(26)30-19(15)12-17)21(29)27-13-14-5-8-16(9-6-14)22(23,24)25/h5-12,26H,3-4,13H2,1-2H3,(H,27,29). The number of fused-ring (bicyclic) bond motifs is 1. The lowest BCUT2D eigenvalue weighted by Crippen LogP contribution is -2.28. The van der Waals surface area contributed by atoms with Gasteiger partial charge in [0, 0.05) is 36.8 Å². The number of anilines is 1. The van der Waals surface area contributed by atoms with Crippen LogP contribution in [-0.4, -0.2) is 19.0 Å². The van der Waals surface area contributed by atoms with Crippen LogP contribution >= 0.6 is 0 Å². The van der Waals surface area contributed by atoms with Crippen LogP contribution in [0.15, 0.2) is 52.9 Å². The van der Waals surface area contributed by atoms with Crippen LogP contribution in [0, 0.1) is 5.41 Å². The number of hydrogen-bond donors (Lipinski definition) is 2. The van der Waals surface area contributed by atoms with Gasteiger partial charge in [0.25, 0.3) is 5.91 Å². The first kappa shape index (κ1) is 21.4. The number of nitrogens with zero attached hydrogens (tertiary/aromatic N) is 1. The van der Waals surface area contributed by atoms with Crippen LogP contribution in [0.3, 0.4) is 0 Å². The van der Waals surface area contributed by atoms with Crippen molar-refractivity contribution in [3.63, 3.8) is 0 Å². The summed E-state index contributed by atoms with van der Waals surface area (Å²) in [6, 6.07) is 11.7. The zero-order chi connectivity index (χ0) is 21.9. The van der Waals surface area contributed by atoms with Crippen molar-refractivity contribution < 1.29 is 22.4 Å². The van der Waals surface area contributed by atoms with E-state index in [-0.39, 0.29) is 17.7 Å². The van der Waals surface area contributed by atoms with Gasteiger partial charge in [0.2, 0.25) is 5.55 Å². The van der Waals surface area contributed by atoms with Crippen molar-refractivity contribution in [2.75, 3.05) is 18.0 Å². The fourth-order valence-electron chi connectivity index (χ4n) is 3.16. The second-order valence-corrected chi connectivity index (χ2v) is 6.76. The van der Waals surface area contributed by atoms with Crippen LogP contribution in [0.1, 0.15) is 35.3 Å². The van der Waals surface area contributed by atoms with Gasteiger partial charge in [-0.3, -0.25) is 10.2 Å². The van der Waals surface area contributed by atoms with Crippen LogP contribution in [0.5, 0.6) is 0 Å². The highest BCUT2D eigenvalue weighted by molar-refractivity contribution is 5.96.